The number of furan rings is 1. The number of rotatable bonds is 7. The van der Waals surface area contributed by atoms with E-state index in [1.807, 2.05) is 6.07 Å². The van der Waals surface area contributed by atoms with Gasteiger partial charge in [0.25, 0.3) is 0 Å². The van der Waals surface area contributed by atoms with Crippen molar-refractivity contribution in [2.45, 2.75) is 57.9 Å². The first-order valence-corrected chi connectivity index (χ1v) is 15.3. The van der Waals surface area contributed by atoms with Gasteiger partial charge in [-0.3, -0.25) is 28.9 Å². The maximum absolute atomic E-state index is 13.4. The zero-order chi connectivity index (χ0) is 33.9. The molecule has 1 fully saturated rings. The van der Waals surface area contributed by atoms with Crippen LogP contribution in [0.15, 0.2) is 57.7 Å². The highest BCUT2D eigenvalue weighted by atomic mass is 16.5. The molecule has 0 spiro atoms. The molecule has 4 rings (SSSR count). The van der Waals surface area contributed by atoms with Gasteiger partial charge in [-0.25, -0.2) is 0 Å². The smallest absolute Gasteiger partial charge is 0.245 e. The van der Waals surface area contributed by atoms with Crippen LogP contribution in [-0.2, 0) is 36.9 Å². The summed E-state index contributed by atoms with van der Waals surface area (Å²) >= 11 is 0. The molecule has 252 valence electrons. The molecule has 1 aliphatic heterocycles. The van der Waals surface area contributed by atoms with Gasteiger partial charge in [0, 0.05) is 19.5 Å². The van der Waals surface area contributed by atoms with Gasteiger partial charge in [0.2, 0.25) is 41.3 Å². The van der Waals surface area contributed by atoms with Gasteiger partial charge in [-0.1, -0.05) is 49.3 Å². The second-order valence-electron chi connectivity index (χ2n) is 11.5. The average molecular weight is 653 g/mol. The van der Waals surface area contributed by atoms with Gasteiger partial charge in [-0.05, 0) is 30.5 Å². The Morgan fingerprint density at radius 1 is 0.915 bits per heavy atom. The summed E-state index contributed by atoms with van der Waals surface area (Å²) in [6.07, 6.45) is 1.59. The number of nitrogens with one attached hydrogen (secondary N) is 5. The molecule has 1 aromatic carbocycles. The highest BCUT2D eigenvalue weighted by molar-refractivity contribution is 5.95. The fourth-order valence-corrected chi connectivity index (χ4v) is 4.84. The van der Waals surface area contributed by atoms with Gasteiger partial charge >= 0.3 is 0 Å². The zero-order valence-corrected chi connectivity index (χ0v) is 26.4. The summed E-state index contributed by atoms with van der Waals surface area (Å²) in [6, 6.07) is 7.77. The Morgan fingerprint density at radius 2 is 1.66 bits per heavy atom. The molecule has 3 heterocycles. The molecule has 16 nitrogen and oxygen atoms in total. The standard InChI is InChI=1S/C31H40N8O8/c1-18(2)26-31(45)33-19(3)28(42)35-22(17-40)30(44)34-21(14-20-8-5-4-6-9-20)29(43)32-11-12-39(15-24(41)36-26)16-25-37-27(38-47-25)23-10-7-13-46-23/h4-10,13,18-19,21-22,26,40H,11-12,14-17H2,1-3H3,(H,32,43)(H,33,45)(H,34,44)(H,35,42)(H,36,41)/t19-,21+,22-,26+/m0/s1. The number of amides is 5. The molecule has 47 heavy (non-hydrogen) atoms. The summed E-state index contributed by atoms with van der Waals surface area (Å²) in [5.74, 6) is -2.70. The van der Waals surface area contributed by atoms with Crippen molar-refractivity contribution in [3.8, 4) is 11.6 Å². The topological polar surface area (TPSA) is 221 Å². The summed E-state index contributed by atoms with van der Waals surface area (Å²) in [4.78, 5) is 71.9. The Bertz CT molecular complexity index is 1510. The van der Waals surface area contributed by atoms with Crippen LogP contribution in [0, 0.1) is 5.92 Å². The second kappa shape index (κ2) is 16.5. The van der Waals surface area contributed by atoms with E-state index < -0.39 is 60.3 Å². The monoisotopic (exact) mass is 652 g/mol. The van der Waals surface area contributed by atoms with Crippen LogP contribution < -0.4 is 26.6 Å². The van der Waals surface area contributed by atoms with Crippen LogP contribution in [0.5, 0.6) is 0 Å². The Hall–Kier alpha value is -5.09. The summed E-state index contributed by atoms with van der Waals surface area (Å²) in [7, 11) is 0. The molecule has 0 saturated carbocycles. The van der Waals surface area contributed by atoms with Crippen molar-refractivity contribution < 1.29 is 38.0 Å². The molecule has 0 unspecified atom stereocenters. The minimum Gasteiger partial charge on any atom is -0.461 e. The molecule has 0 bridgehead atoms. The molecule has 16 heteroatoms. The van der Waals surface area contributed by atoms with E-state index in [1.54, 1.807) is 55.1 Å². The molecule has 3 aromatic rings. The van der Waals surface area contributed by atoms with E-state index in [0.29, 0.717) is 5.76 Å². The van der Waals surface area contributed by atoms with E-state index in [4.69, 9.17) is 8.94 Å². The minimum atomic E-state index is -1.40. The molecule has 5 amide bonds. The van der Waals surface area contributed by atoms with Gasteiger partial charge in [0.1, 0.15) is 24.2 Å². The maximum atomic E-state index is 13.4. The van der Waals surface area contributed by atoms with Crippen LogP contribution >= 0.6 is 0 Å². The summed E-state index contributed by atoms with van der Waals surface area (Å²) in [5, 5.41) is 27.0. The van der Waals surface area contributed by atoms with E-state index in [1.165, 1.54) is 13.2 Å². The fraction of sp³-hybridized carbons (Fsp3) is 0.452. The first kappa shape index (κ1) is 34.8. The average Bonchev–Trinajstić information content (AvgIpc) is 3.74. The van der Waals surface area contributed by atoms with Crippen molar-refractivity contribution in [3.63, 3.8) is 0 Å². The van der Waals surface area contributed by atoms with Crippen molar-refractivity contribution in [3.05, 3.63) is 60.2 Å². The Balaban J connectivity index is 1.58. The maximum Gasteiger partial charge on any atom is 0.245 e. The first-order chi connectivity index (χ1) is 22.5. The van der Waals surface area contributed by atoms with Crippen molar-refractivity contribution >= 4 is 29.5 Å². The molecule has 4 atom stereocenters. The van der Waals surface area contributed by atoms with E-state index in [0.717, 1.165) is 5.56 Å². The summed E-state index contributed by atoms with van der Waals surface area (Å²) in [6.45, 7) is 4.15. The number of hydrogen-bond acceptors (Lipinski definition) is 11. The molecular formula is C31H40N8O8. The third-order valence-corrected chi connectivity index (χ3v) is 7.41. The molecule has 0 radical (unpaired) electrons. The van der Waals surface area contributed by atoms with Crippen molar-refractivity contribution in [1.29, 1.82) is 0 Å². The molecule has 1 saturated heterocycles. The lowest BCUT2D eigenvalue weighted by Crippen LogP contribution is -2.60. The third-order valence-electron chi connectivity index (χ3n) is 7.41. The van der Waals surface area contributed by atoms with E-state index in [2.05, 4.69) is 36.7 Å². The molecule has 1 aliphatic rings. The normalized spacial score (nSPS) is 22.8. The first-order valence-electron chi connectivity index (χ1n) is 15.3. The highest BCUT2D eigenvalue weighted by Crippen LogP contribution is 2.16. The van der Waals surface area contributed by atoms with Crippen LogP contribution in [-0.4, -0.2) is 100 Å². The van der Waals surface area contributed by atoms with E-state index >= 15 is 0 Å². The van der Waals surface area contributed by atoms with Gasteiger partial charge in [-0.2, -0.15) is 4.98 Å². The second-order valence-corrected chi connectivity index (χ2v) is 11.5. The van der Waals surface area contributed by atoms with Crippen molar-refractivity contribution in [2.75, 3.05) is 26.2 Å². The largest absolute Gasteiger partial charge is 0.461 e. The number of nitrogens with zero attached hydrogens (tertiary/aromatic N) is 3. The molecule has 2 aromatic heterocycles. The number of hydrogen-bond donors (Lipinski definition) is 6. The predicted molar refractivity (Wildman–Crippen MR) is 166 cm³/mol. The lowest BCUT2D eigenvalue weighted by Gasteiger charge is -2.27. The third kappa shape index (κ3) is 9.95. The quantitative estimate of drug-likeness (QED) is 0.184. The van der Waals surface area contributed by atoms with Gasteiger partial charge < -0.3 is 40.6 Å². The van der Waals surface area contributed by atoms with Crippen molar-refractivity contribution in [2.24, 2.45) is 5.92 Å². The van der Waals surface area contributed by atoms with E-state index in [9.17, 15) is 29.1 Å². The number of benzene rings is 1. The number of aromatic nitrogens is 2. The molecular weight excluding hydrogens is 612 g/mol. The predicted octanol–water partition coefficient (Wildman–Crippen LogP) is -0.888. The van der Waals surface area contributed by atoms with Crippen LogP contribution in [0.2, 0.25) is 0 Å². The van der Waals surface area contributed by atoms with Crippen LogP contribution in [0.25, 0.3) is 11.6 Å². The van der Waals surface area contributed by atoms with Gasteiger partial charge in [0.15, 0.2) is 5.76 Å². The van der Waals surface area contributed by atoms with Crippen LogP contribution in [0.4, 0.5) is 0 Å². The summed E-state index contributed by atoms with van der Waals surface area (Å²) < 4.78 is 10.7. The SMILES string of the molecule is CC(C)[C@H]1NC(=O)CN(Cc2nc(-c3ccco3)no2)CCNC(=O)[C@@H](Cc2ccccc2)NC(=O)[C@H](CO)NC(=O)[C@H](C)NC1=O. The molecule has 0 aliphatic carbocycles. The van der Waals surface area contributed by atoms with Crippen LogP contribution in [0.1, 0.15) is 32.2 Å². The minimum absolute atomic E-state index is 0.0229. The van der Waals surface area contributed by atoms with Crippen molar-refractivity contribution in [1.82, 2.24) is 41.6 Å². The number of carbonyl (C=O) groups is 5. The van der Waals surface area contributed by atoms with E-state index in [-0.39, 0.29) is 50.2 Å². The fourth-order valence-electron chi connectivity index (χ4n) is 4.84. The lowest BCUT2D eigenvalue weighted by molar-refractivity contribution is -0.135. The number of aliphatic hydroxyl groups is 1. The summed E-state index contributed by atoms with van der Waals surface area (Å²) in [5.41, 5.74) is 0.762. The highest BCUT2D eigenvalue weighted by Gasteiger charge is 2.31. The number of aliphatic hydroxyl groups excluding tert-OH is 1. The number of carbonyl (C=O) groups excluding carboxylic acids is 5. The van der Waals surface area contributed by atoms with Gasteiger partial charge in [-0.15, -0.1) is 0 Å². The Kier molecular flexibility index (Phi) is 12.2. The van der Waals surface area contributed by atoms with Gasteiger partial charge in [0.05, 0.1) is 26.0 Å². The van der Waals surface area contributed by atoms with Crippen LogP contribution in [0.3, 0.4) is 0 Å². The Morgan fingerprint density at radius 3 is 2.34 bits per heavy atom. The zero-order valence-electron chi connectivity index (χ0n) is 26.4. The Labute approximate surface area is 271 Å². The molecule has 6 N–H and O–H groups in total. The lowest BCUT2D eigenvalue weighted by atomic mass is 10.0.